The molecular weight excluding hydrogens is 422 g/mol. The van der Waals surface area contributed by atoms with Crippen molar-refractivity contribution in [2.24, 2.45) is 0 Å². The SMILES string of the molecule is Brc1ccc2c(c1Br)N(c1ccccc1)c1ccccc1S2. The third-order valence-corrected chi connectivity index (χ3v) is 6.71. The van der Waals surface area contributed by atoms with Crippen molar-refractivity contribution in [3.63, 3.8) is 0 Å². The number of nitrogens with zero attached hydrogens (tertiary/aromatic N) is 1. The summed E-state index contributed by atoms with van der Waals surface area (Å²) in [5.74, 6) is 0. The van der Waals surface area contributed by atoms with Crippen molar-refractivity contribution in [2.75, 3.05) is 4.90 Å². The zero-order valence-corrected chi connectivity index (χ0v) is 15.5. The van der Waals surface area contributed by atoms with Crippen molar-refractivity contribution in [3.8, 4) is 0 Å². The zero-order chi connectivity index (χ0) is 15.1. The van der Waals surface area contributed by atoms with Crippen molar-refractivity contribution in [1.82, 2.24) is 0 Å². The second-order valence-corrected chi connectivity index (χ2v) is 7.68. The van der Waals surface area contributed by atoms with Gasteiger partial charge in [-0.2, -0.15) is 0 Å². The standard InChI is InChI=1S/C18H11Br2NS/c19-13-10-11-16-18(17(13)20)21(12-6-2-1-3-7-12)14-8-4-5-9-15(14)22-16/h1-11H. The largest absolute Gasteiger partial charge is 0.307 e. The van der Waals surface area contributed by atoms with Crippen LogP contribution in [0.1, 0.15) is 0 Å². The van der Waals surface area contributed by atoms with Crippen LogP contribution in [-0.2, 0) is 0 Å². The number of anilines is 3. The maximum atomic E-state index is 3.75. The zero-order valence-electron chi connectivity index (χ0n) is 11.5. The van der Waals surface area contributed by atoms with E-state index in [1.54, 1.807) is 0 Å². The predicted octanol–water partition coefficient (Wildman–Crippen LogP) is 7.15. The molecule has 0 saturated heterocycles. The molecule has 0 atom stereocenters. The van der Waals surface area contributed by atoms with Crippen LogP contribution in [0.4, 0.5) is 17.1 Å². The summed E-state index contributed by atoms with van der Waals surface area (Å²) in [5, 5.41) is 0. The molecule has 1 nitrogen and oxygen atoms in total. The maximum absolute atomic E-state index is 3.75. The minimum atomic E-state index is 1.06. The lowest BCUT2D eigenvalue weighted by Gasteiger charge is -2.34. The molecule has 1 aliphatic rings. The molecule has 4 rings (SSSR count). The van der Waals surface area contributed by atoms with Gasteiger partial charge in [0.25, 0.3) is 0 Å². The van der Waals surface area contributed by atoms with Gasteiger partial charge in [0, 0.05) is 20.0 Å². The van der Waals surface area contributed by atoms with Gasteiger partial charge in [0.2, 0.25) is 0 Å². The van der Waals surface area contributed by atoms with Gasteiger partial charge in [-0.3, -0.25) is 0 Å². The molecule has 22 heavy (non-hydrogen) atoms. The number of fused-ring (bicyclic) bond motifs is 2. The lowest BCUT2D eigenvalue weighted by molar-refractivity contribution is 1.15. The van der Waals surface area contributed by atoms with Crippen LogP contribution in [0.15, 0.2) is 85.5 Å². The molecule has 0 spiro atoms. The molecule has 4 heteroatoms. The van der Waals surface area contributed by atoms with Crippen LogP contribution in [0, 0.1) is 0 Å². The first-order chi connectivity index (χ1) is 10.8. The fourth-order valence-corrected chi connectivity index (χ4v) is 4.67. The van der Waals surface area contributed by atoms with Crippen LogP contribution >= 0.6 is 43.6 Å². The van der Waals surface area contributed by atoms with E-state index in [0.29, 0.717) is 0 Å². The fraction of sp³-hybridized carbons (Fsp3) is 0. The molecule has 3 aromatic carbocycles. The molecule has 1 aliphatic heterocycles. The van der Waals surface area contributed by atoms with Gasteiger partial charge in [0.1, 0.15) is 0 Å². The lowest BCUT2D eigenvalue weighted by atomic mass is 10.2. The highest BCUT2D eigenvalue weighted by atomic mass is 79.9. The van der Waals surface area contributed by atoms with Crippen LogP contribution in [0.25, 0.3) is 0 Å². The van der Waals surface area contributed by atoms with Gasteiger partial charge >= 0.3 is 0 Å². The van der Waals surface area contributed by atoms with Crippen LogP contribution in [0.5, 0.6) is 0 Å². The van der Waals surface area contributed by atoms with Gasteiger partial charge in [0.15, 0.2) is 0 Å². The smallest absolute Gasteiger partial charge is 0.0755 e. The Kier molecular flexibility index (Phi) is 3.76. The van der Waals surface area contributed by atoms with E-state index in [4.69, 9.17) is 0 Å². The molecule has 0 radical (unpaired) electrons. The summed E-state index contributed by atoms with van der Waals surface area (Å²) < 4.78 is 2.14. The maximum Gasteiger partial charge on any atom is 0.0755 e. The van der Waals surface area contributed by atoms with Crippen LogP contribution in [0.2, 0.25) is 0 Å². The van der Waals surface area contributed by atoms with E-state index >= 15 is 0 Å². The Morgan fingerprint density at radius 1 is 0.727 bits per heavy atom. The minimum absolute atomic E-state index is 1.06. The Balaban J connectivity index is 2.03. The third-order valence-electron chi connectivity index (χ3n) is 3.60. The van der Waals surface area contributed by atoms with Crippen LogP contribution in [0.3, 0.4) is 0 Å². The van der Waals surface area contributed by atoms with E-state index < -0.39 is 0 Å². The highest BCUT2D eigenvalue weighted by Crippen LogP contribution is 2.54. The van der Waals surface area contributed by atoms with Gasteiger partial charge in [-0.05, 0) is 68.3 Å². The van der Waals surface area contributed by atoms with Crippen molar-refractivity contribution in [3.05, 3.63) is 75.7 Å². The second-order valence-electron chi connectivity index (χ2n) is 4.95. The molecule has 0 bridgehead atoms. The van der Waals surface area contributed by atoms with E-state index in [0.717, 1.165) is 14.6 Å². The quantitative estimate of drug-likeness (QED) is 0.314. The minimum Gasteiger partial charge on any atom is -0.307 e. The molecule has 108 valence electrons. The molecule has 0 N–H and O–H groups in total. The number of para-hydroxylation sites is 2. The van der Waals surface area contributed by atoms with Gasteiger partial charge in [-0.25, -0.2) is 0 Å². The van der Waals surface area contributed by atoms with E-state index in [1.165, 1.54) is 21.2 Å². The number of hydrogen-bond donors (Lipinski definition) is 0. The Morgan fingerprint density at radius 2 is 1.45 bits per heavy atom. The monoisotopic (exact) mass is 431 g/mol. The Labute approximate surface area is 150 Å². The molecule has 0 aromatic heterocycles. The molecule has 0 fully saturated rings. The van der Waals surface area contributed by atoms with E-state index in [1.807, 2.05) is 17.8 Å². The Hall–Kier alpha value is -1.23. The number of rotatable bonds is 1. The first-order valence-electron chi connectivity index (χ1n) is 6.86. The molecule has 0 saturated carbocycles. The number of benzene rings is 3. The highest BCUT2D eigenvalue weighted by Gasteiger charge is 2.27. The molecule has 0 aliphatic carbocycles. The van der Waals surface area contributed by atoms with Gasteiger partial charge < -0.3 is 4.90 Å². The van der Waals surface area contributed by atoms with E-state index in [2.05, 4.69) is 97.4 Å². The van der Waals surface area contributed by atoms with E-state index in [-0.39, 0.29) is 0 Å². The Bertz CT molecular complexity index is 849. The Morgan fingerprint density at radius 3 is 2.27 bits per heavy atom. The summed E-state index contributed by atoms with van der Waals surface area (Å²) in [6, 6.07) is 23.3. The van der Waals surface area contributed by atoms with Crippen molar-refractivity contribution >= 4 is 60.7 Å². The lowest BCUT2D eigenvalue weighted by Crippen LogP contribution is -2.15. The first-order valence-corrected chi connectivity index (χ1v) is 9.26. The van der Waals surface area contributed by atoms with Crippen LogP contribution < -0.4 is 4.90 Å². The highest BCUT2D eigenvalue weighted by molar-refractivity contribution is 9.13. The topological polar surface area (TPSA) is 3.24 Å². The summed E-state index contributed by atoms with van der Waals surface area (Å²) >= 11 is 9.20. The molecule has 0 unspecified atom stereocenters. The van der Waals surface area contributed by atoms with Gasteiger partial charge in [0.05, 0.1) is 15.8 Å². The fourth-order valence-electron chi connectivity index (χ4n) is 2.63. The van der Waals surface area contributed by atoms with Crippen molar-refractivity contribution in [1.29, 1.82) is 0 Å². The average molecular weight is 433 g/mol. The summed E-state index contributed by atoms with van der Waals surface area (Å²) in [6.45, 7) is 0. The molecule has 0 amide bonds. The first kappa shape index (κ1) is 14.4. The second kappa shape index (κ2) is 5.76. The number of hydrogen-bond acceptors (Lipinski definition) is 2. The summed E-state index contributed by atoms with van der Waals surface area (Å²) in [6.07, 6.45) is 0. The van der Waals surface area contributed by atoms with Gasteiger partial charge in [-0.15, -0.1) is 0 Å². The average Bonchev–Trinajstić information content (AvgIpc) is 2.57. The van der Waals surface area contributed by atoms with Crippen molar-refractivity contribution < 1.29 is 0 Å². The van der Waals surface area contributed by atoms with Crippen molar-refractivity contribution in [2.45, 2.75) is 9.79 Å². The summed E-state index contributed by atoms with van der Waals surface area (Å²) in [4.78, 5) is 4.83. The summed E-state index contributed by atoms with van der Waals surface area (Å²) in [7, 11) is 0. The summed E-state index contributed by atoms with van der Waals surface area (Å²) in [5.41, 5.74) is 3.56. The molecule has 1 heterocycles. The normalized spacial score (nSPS) is 12.7. The molecular formula is C18H11Br2NS. The van der Waals surface area contributed by atoms with Gasteiger partial charge in [-0.1, -0.05) is 42.1 Å². The molecule has 3 aromatic rings. The third kappa shape index (κ3) is 2.30. The van der Waals surface area contributed by atoms with E-state index in [9.17, 15) is 0 Å². The van der Waals surface area contributed by atoms with Crippen LogP contribution in [-0.4, -0.2) is 0 Å². The predicted molar refractivity (Wildman–Crippen MR) is 101 cm³/mol. The number of halogens is 2.